The third-order valence-electron chi connectivity index (χ3n) is 9.47. The maximum absolute atomic E-state index is 14.3. The summed E-state index contributed by atoms with van der Waals surface area (Å²) in [5.41, 5.74) is -2.44. The van der Waals surface area contributed by atoms with Crippen LogP contribution in [0.15, 0.2) is 46.8 Å². The van der Waals surface area contributed by atoms with Crippen LogP contribution < -0.4 is 4.74 Å². The zero-order chi connectivity index (χ0) is 37.3. The van der Waals surface area contributed by atoms with Gasteiger partial charge in [0, 0.05) is 33.4 Å². The Morgan fingerprint density at radius 3 is 1.66 bits per heavy atom. The van der Waals surface area contributed by atoms with Gasteiger partial charge in [0.2, 0.25) is 5.88 Å². The molecule has 4 aromatic rings. The highest BCUT2D eigenvalue weighted by Crippen LogP contribution is 2.55. The van der Waals surface area contributed by atoms with E-state index in [1.807, 2.05) is 0 Å². The number of aromatic nitrogens is 2. The van der Waals surface area contributed by atoms with Gasteiger partial charge in [-0.15, -0.1) is 22.7 Å². The second-order valence-electron chi connectivity index (χ2n) is 12.4. The third-order valence-corrected chi connectivity index (χ3v) is 11.6. The van der Waals surface area contributed by atoms with Gasteiger partial charge in [-0.2, -0.15) is 0 Å². The molecule has 3 heterocycles. The molecule has 8 rings (SSSR count). The first kappa shape index (κ1) is 33.6. The van der Waals surface area contributed by atoms with Gasteiger partial charge in [0.1, 0.15) is 20.6 Å². The van der Waals surface area contributed by atoms with Crippen LogP contribution in [0, 0.1) is 59.1 Å². The number of benzene rings is 2. The highest BCUT2D eigenvalue weighted by molar-refractivity contribution is 7.23. The molecule has 0 atom stereocenters. The van der Waals surface area contributed by atoms with E-state index in [0.717, 1.165) is 54.9 Å². The molecule has 53 heavy (non-hydrogen) atoms. The van der Waals surface area contributed by atoms with Crippen molar-refractivity contribution in [2.45, 2.75) is 37.7 Å². The number of Topliss-reactive ketones (excluding diaryl/α,β-unsaturated/α-hetero) is 2. The Balaban J connectivity index is 1.28. The summed E-state index contributed by atoms with van der Waals surface area (Å²) in [4.78, 5) is 44.3. The van der Waals surface area contributed by atoms with Gasteiger partial charge in [0.15, 0.2) is 40.4 Å². The predicted octanol–water partition coefficient (Wildman–Crippen LogP) is 9.24. The van der Waals surface area contributed by atoms with Crippen molar-refractivity contribution >= 4 is 57.5 Å². The quantitative estimate of drug-likeness (QED) is 0.0867. The Bertz CT molecular complexity index is 2690. The summed E-state index contributed by atoms with van der Waals surface area (Å²) in [6, 6.07) is 6.52. The van der Waals surface area contributed by atoms with E-state index < -0.39 is 51.8 Å². The molecule has 15 heteroatoms. The van der Waals surface area contributed by atoms with E-state index in [4.69, 9.17) is 22.9 Å². The monoisotopic (exact) mass is 744 g/mol. The minimum Gasteiger partial charge on any atom is -0.463 e. The number of thiazole rings is 2. The molecule has 1 aliphatic heterocycles. The van der Waals surface area contributed by atoms with Crippen LogP contribution in [0.25, 0.3) is 42.7 Å². The number of ether oxygens (including phenoxy) is 1. The van der Waals surface area contributed by atoms with Crippen molar-refractivity contribution in [1.29, 1.82) is 10.5 Å². The lowest BCUT2D eigenvalue weighted by molar-refractivity contribution is 0.0168. The number of allylic oxidation sites excluding steroid dienone is 6. The Morgan fingerprint density at radius 1 is 0.736 bits per heavy atom. The predicted molar refractivity (Wildman–Crippen MR) is 184 cm³/mol. The summed E-state index contributed by atoms with van der Waals surface area (Å²) in [5.74, 6) is -6.22. The minimum absolute atomic E-state index is 0.0798. The molecular weight excluding hydrogens is 729 g/mol. The number of hydrogen-bond acceptors (Lipinski definition) is 9. The molecular formula is C38H16F4N6O3S2. The molecule has 1 fully saturated rings. The van der Waals surface area contributed by atoms with Crippen LogP contribution in [0.3, 0.4) is 0 Å². The van der Waals surface area contributed by atoms with E-state index in [2.05, 4.69) is 14.7 Å². The van der Waals surface area contributed by atoms with Crippen LogP contribution >= 0.6 is 22.7 Å². The van der Waals surface area contributed by atoms with Crippen LogP contribution in [0.2, 0.25) is 0 Å². The van der Waals surface area contributed by atoms with E-state index in [1.165, 1.54) is 23.5 Å². The molecule has 0 radical (unpaired) electrons. The molecule has 0 bridgehead atoms. The van der Waals surface area contributed by atoms with Crippen molar-refractivity contribution in [3.05, 3.63) is 131 Å². The standard InChI is InChI=1S/C38H16F4N6O3S2/c1-45-26(14-43)30-16-8-22(39)24(41)10-18(16)32(49)20(30)12-28-47-36-34(52-28)35-37(51-38(36)6-4-3-5-7-38)48-29(53-35)13-21-31(27(15-44)46-2)17-9-23(40)25(42)11-19(17)33(21)50/h8-13H,3-7H2/b20-12-,21-13-,30-26+,31-27-. The number of fused-ring (bicyclic) bond motifs is 6. The number of rotatable bonds is 2. The van der Waals surface area contributed by atoms with Crippen molar-refractivity contribution in [3.8, 4) is 27.8 Å². The molecule has 3 aliphatic carbocycles. The number of ketones is 2. The molecule has 0 saturated heterocycles. The van der Waals surface area contributed by atoms with Crippen LogP contribution in [0.1, 0.15) is 79.7 Å². The van der Waals surface area contributed by atoms with Crippen molar-refractivity contribution < 1.29 is 31.9 Å². The summed E-state index contributed by atoms with van der Waals surface area (Å²) in [6.07, 6.45) is 6.44. The first-order valence-corrected chi connectivity index (χ1v) is 17.4. The fraction of sp³-hybridized carbons (Fsp3) is 0.158. The molecule has 9 nitrogen and oxygen atoms in total. The van der Waals surface area contributed by atoms with E-state index in [1.54, 1.807) is 12.1 Å². The Morgan fingerprint density at radius 2 is 1.19 bits per heavy atom. The first-order valence-electron chi connectivity index (χ1n) is 15.8. The fourth-order valence-corrected chi connectivity index (χ4v) is 9.31. The van der Waals surface area contributed by atoms with Crippen LogP contribution in [0.5, 0.6) is 5.88 Å². The minimum atomic E-state index is -1.26. The highest BCUT2D eigenvalue weighted by atomic mass is 32.1. The lowest BCUT2D eigenvalue weighted by Gasteiger charge is -2.38. The number of halogens is 4. The normalized spacial score (nSPS) is 19.8. The topological polar surface area (TPSA) is 125 Å². The number of hydrogen-bond donors (Lipinski definition) is 0. The average molecular weight is 745 g/mol. The summed E-state index contributed by atoms with van der Waals surface area (Å²) < 4.78 is 63.7. The summed E-state index contributed by atoms with van der Waals surface area (Å²) in [6.45, 7) is 15.0. The molecule has 0 unspecified atom stereocenters. The zero-order valence-electron chi connectivity index (χ0n) is 26.7. The second-order valence-corrected chi connectivity index (χ2v) is 14.4. The van der Waals surface area contributed by atoms with Crippen LogP contribution in [-0.2, 0) is 5.60 Å². The second kappa shape index (κ2) is 12.3. The summed E-state index contributed by atoms with van der Waals surface area (Å²) in [7, 11) is 0. The maximum Gasteiger partial charge on any atom is 0.270 e. The smallest absolute Gasteiger partial charge is 0.270 e. The van der Waals surface area contributed by atoms with Gasteiger partial charge >= 0.3 is 0 Å². The van der Waals surface area contributed by atoms with Gasteiger partial charge < -0.3 is 4.74 Å². The fourth-order valence-electron chi connectivity index (χ4n) is 7.15. The Hall–Kier alpha value is -6.52. The van der Waals surface area contributed by atoms with E-state index in [-0.39, 0.29) is 60.4 Å². The average Bonchev–Trinajstić information content (AvgIpc) is 3.88. The lowest BCUT2D eigenvalue weighted by atomic mass is 9.80. The van der Waals surface area contributed by atoms with Crippen LogP contribution in [0.4, 0.5) is 17.6 Å². The van der Waals surface area contributed by atoms with Gasteiger partial charge in [0.25, 0.3) is 11.4 Å². The van der Waals surface area contributed by atoms with Crippen molar-refractivity contribution in [3.63, 3.8) is 0 Å². The first-order chi connectivity index (χ1) is 25.5. The molecule has 0 N–H and O–H groups in total. The van der Waals surface area contributed by atoms with Gasteiger partial charge in [-0.25, -0.2) is 47.7 Å². The molecule has 0 amide bonds. The largest absolute Gasteiger partial charge is 0.463 e. The number of nitriles is 2. The van der Waals surface area contributed by atoms with Crippen molar-refractivity contribution in [1.82, 2.24) is 9.97 Å². The molecule has 4 aliphatic rings. The summed E-state index contributed by atoms with van der Waals surface area (Å²) >= 11 is 2.27. The third kappa shape index (κ3) is 5.05. The molecule has 2 aromatic heterocycles. The Labute approximate surface area is 305 Å². The lowest BCUT2D eigenvalue weighted by Crippen LogP contribution is -2.38. The van der Waals surface area contributed by atoms with E-state index in [9.17, 15) is 37.7 Å². The Kier molecular flexibility index (Phi) is 7.81. The number of carbonyl (C=O) groups is 2. The molecule has 1 spiro atoms. The van der Waals surface area contributed by atoms with Crippen LogP contribution in [-0.4, -0.2) is 21.5 Å². The summed E-state index contributed by atoms with van der Waals surface area (Å²) in [5, 5.41) is 19.9. The van der Waals surface area contributed by atoms with Crippen molar-refractivity contribution in [2.75, 3.05) is 0 Å². The zero-order valence-corrected chi connectivity index (χ0v) is 28.4. The molecule has 2 aromatic carbocycles. The van der Waals surface area contributed by atoms with Gasteiger partial charge in [0.05, 0.1) is 30.2 Å². The van der Waals surface area contributed by atoms with Crippen molar-refractivity contribution in [2.24, 2.45) is 0 Å². The number of nitrogens with zero attached hydrogens (tertiary/aromatic N) is 6. The maximum atomic E-state index is 14.3. The van der Waals surface area contributed by atoms with E-state index >= 15 is 0 Å². The highest BCUT2D eigenvalue weighted by Gasteiger charge is 2.47. The molecule has 256 valence electrons. The van der Waals surface area contributed by atoms with Gasteiger partial charge in [-0.05, 0) is 73.2 Å². The number of carbonyl (C=O) groups excluding carboxylic acids is 2. The van der Waals surface area contributed by atoms with E-state index in [0.29, 0.717) is 28.3 Å². The molecule has 1 saturated carbocycles. The van der Waals surface area contributed by atoms with Gasteiger partial charge in [-0.3, -0.25) is 9.59 Å². The SMILES string of the molecule is [C-]#[N+]/C(C#N)=C1\C(=C\c2nc3c(s2)-c2sc(/C=C4\C(=O)c5cc(F)c(F)cc5\C4=C(\C#N)[N+]#[C-])nc2C2(CCCCC2)O3)C(=O)c2cc(F)c(F)cc21. The van der Waals surface area contributed by atoms with Gasteiger partial charge in [-0.1, -0.05) is 6.42 Å².